The van der Waals surface area contributed by atoms with Gasteiger partial charge in [-0.1, -0.05) is 23.2 Å². The fraction of sp³-hybridized carbons (Fsp3) is 0.200. The number of carbonyl (C=O) groups is 1. The maximum atomic E-state index is 11.1. The Morgan fingerprint density at radius 2 is 2.06 bits per heavy atom. The van der Waals surface area contributed by atoms with Crippen molar-refractivity contribution in [2.24, 2.45) is 0 Å². The van der Waals surface area contributed by atoms with E-state index in [9.17, 15) is 4.79 Å². The Balaban J connectivity index is 2.56. The van der Waals surface area contributed by atoms with Crippen LogP contribution in [0, 0.1) is 0 Å². The number of rotatable bonds is 2. The summed E-state index contributed by atoms with van der Waals surface area (Å²) in [5, 5.41) is 0.655. The largest absolute Gasteiger partial charge is 0.341 e. The zero-order valence-corrected chi connectivity index (χ0v) is 10.7. The van der Waals surface area contributed by atoms with Gasteiger partial charge in [0.05, 0.1) is 27.0 Å². The molecule has 3 nitrogen and oxygen atoms in total. The smallest absolute Gasteiger partial charge is 0.196 e. The van der Waals surface area contributed by atoms with Crippen LogP contribution in [0.15, 0.2) is 12.1 Å². The van der Waals surface area contributed by atoms with Gasteiger partial charge in [0.2, 0.25) is 0 Å². The van der Waals surface area contributed by atoms with Crippen LogP contribution in [0.2, 0.25) is 10.0 Å². The first-order valence-corrected chi connectivity index (χ1v) is 5.77. The number of hydrogen-bond donors (Lipinski definition) is 2. The molecule has 1 heterocycles. The summed E-state index contributed by atoms with van der Waals surface area (Å²) in [5.74, 6) is 0.182. The Morgan fingerprint density at radius 3 is 2.69 bits per heavy atom. The lowest BCUT2D eigenvalue weighted by Crippen LogP contribution is -2.03. The molecule has 0 saturated heterocycles. The zero-order chi connectivity index (χ0) is 11.9. The summed E-state index contributed by atoms with van der Waals surface area (Å²) in [7, 11) is 0. The van der Waals surface area contributed by atoms with E-state index in [1.54, 1.807) is 19.1 Å². The van der Waals surface area contributed by atoms with Crippen molar-refractivity contribution in [3.63, 3.8) is 0 Å². The fourth-order valence-corrected chi connectivity index (χ4v) is 1.79. The quantitative estimate of drug-likeness (QED) is 0.825. The summed E-state index contributed by atoms with van der Waals surface area (Å²) in [4.78, 5) is 18.4. The lowest BCUT2D eigenvalue weighted by molar-refractivity contribution is -0.111. The van der Waals surface area contributed by atoms with Gasteiger partial charge >= 0.3 is 0 Å². The number of hydrogen-bond acceptors (Lipinski definition) is 2. The molecular weight excluding hydrogens is 267 g/mol. The van der Waals surface area contributed by atoms with E-state index in [0.717, 1.165) is 5.52 Å². The fourth-order valence-electron chi connectivity index (χ4n) is 1.35. The molecule has 16 heavy (non-hydrogen) atoms. The Bertz CT molecular complexity index is 528. The van der Waals surface area contributed by atoms with Crippen molar-refractivity contribution in [3.8, 4) is 0 Å². The average Bonchev–Trinajstić information content (AvgIpc) is 2.60. The molecule has 1 aromatic heterocycles. The van der Waals surface area contributed by atoms with Crippen LogP contribution in [-0.2, 0) is 4.79 Å². The van der Waals surface area contributed by atoms with Gasteiger partial charge in [0.1, 0.15) is 5.82 Å². The highest BCUT2D eigenvalue weighted by atomic mass is 35.5. The Morgan fingerprint density at radius 1 is 1.44 bits per heavy atom. The van der Waals surface area contributed by atoms with E-state index in [0.29, 0.717) is 21.4 Å². The molecule has 0 radical (unpaired) electrons. The number of thiol groups is 1. The van der Waals surface area contributed by atoms with Gasteiger partial charge in [-0.15, -0.1) is 12.6 Å². The molecule has 84 valence electrons. The summed E-state index contributed by atoms with van der Waals surface area (Å²) >= 11 is 15.5. The number of nitrogens with one attached hydrogen (secondary N) is 1. The van der Waals surface area contributed by atoms with Crippen LogP contribution >= 0.6 is 35.8 Å². The summed E-state index contributed by atoms with van der Waals surface area (Å²) < 4.78 is 0. The lowest BCUT2D eigenvalue weighted by atomic mass is 10.2. The molecule has 0 aliphatic rings. The lowest BCUT2D eigenvalue weighted by Gasteiger charge is -2.00. The van der Waals surface area contributed by atoms with Crippen LogP contribution in [0.4, 0.5) is 0 Å². The number of carbonyl (C=O) groups excluding carboxylic acids is 1. The number of aromatic nitrogens is 2. The van der Waals surface area contributed by atoms with Gasteiger partial charge in [-0.25, -0.2) is 4.98 Å². The average molecular weight is 275 g/mol. The first-order chi connectivity index (χ1) is 7.49. The molecule has 2 aromatic rings. The molecule has 1 atom stereocenters. The van der Waals surface area contributed by atoms with Crippen molar-refractivity contribution in [1.82, 2.24) is 9.97 Å². The van der Waals surface area contributed by atoms with Gasteiger partial charge in [0.25, 0.3) is 0 Å². The van der Waals surface area contributed by atoms with Crippen molar-refractivity contribution in [3.05, 3.63) is 28.0 Å². The number of imidazole rings is 1. The van der Waals surface area contributed by atoms with Gasteiger partial charge in [0, 0.05) is 0 Å². The molecule has 0 fully saturated rings. The molecule has 0 spiro atoms. The standard InChI is InChI=1S/C10H8Cl2N2OS/c1-4(10(15)16)9-13-7-2-5(11)6(12)3-8(7)14-9/h2-4H,1H3,(H,13,14)(H,15,16). The van der Waals surface area contributed by atoms with Crippen molar-refractivity contribution in [2.45, 2.75) is 12.8 Å². The number of aromatic amines is 1. The number of H-pyrrole nitrogens is 1. The van der Waals surface area contributed by atoms with Crippen LogP contribution in [0.5, 0.6) is 0 Å². The molecule has 0 saturated carbocycles. The second-order valence-electron chi connectivity index (χ2n) is 3.47. The second kappa shape index (κ2) is 4.28. The summed E-state index contributed by atoms with van der Waals surface area (Å²) in [6.45, 7) is 1.73. The molecule has 0 amide bonds. The number of nitrogens with zero attached hydrogens (tertiary/aromatic N) is 1. The van der Waals surface area contributed by atoms with Crippen LogP contribution < -0.4 is 0 Å². The third-order valence-corrected chi connectivity index (χ3v) is 3.43. The third-order valence-electron chi connectivity index (χ3n) is 2.32. The summed E-state index contributed by atoms with van der Waals surface area (Å²) in [6.07, 6.45) is 0. The monoisotopic (exact) mass is 274 g/mol. The first kappa shape index (κ1) is 11.8. The first-order valence-electron chi connectivity index (χ1n) is 4.56. The predicted octanol–water partition coefficient (Wildman–Crippen LogP) is 3.43. The Hall–Kier alpha value is -0.710. The van der Waals surface area contributed by atoms with E-state index < -0.39 is 0 Å². The van der Waals surface area contributed by atoms with Crippen molar-refractivity contribution < 1.29 is 4.79 Å². The van der Waals surface area contributed by atoms with Gasteiger partial charge < -0.3 is 4.98 Å². The number of fused-ring (bicyclic) bond motifs is 1. The summed E-state index contributed by atoms with van der Waals surface area (Å²) in [5.41, 5.74) is 1.44. The molecule has 1 aromatic carbocycles. The van der Waals surface area contributed by atoms with Crippen molar-refractivity contribution in [1.29, 1.82) is 0 Å². The second-order valence-corrected chi connectivity index (χ2v) is 4.72. The molecule has 1 unspecified atom stereocenters. The highest BCUT2D eigenvalue weighted by Crippen LogP contribution is 2.28. The van der Waals surface area contributed by atoms with E-state index in [-0.39, 0.29) is 11.0 Å². The maximum Gasteiger partial charge on any atom is 0.196 e. The van der Waals surface area contributed by atoms with Gasteiger partial charge in [0.15, 0.2) is 5.12 Å². The van der Waals surface area contributed by atoms with E-state index in [1.165, 1.54) is 0 Å². The van der Waals surface area contributed by atoms with Crippen LogP contribution in [0.1, 0.15) is 18.7 Å². The molecule has 0 aliphatic heterocycles. The zero-order valence-electron chi connectivity index (χ0n) is 8.29. The van der Waals surface area contributed by atoms with E-state index in [1.807, 2.05) is 0 Å². The molecule has 2 rings (SSSR count). The topological polar surface area (TPSA) is 45.8 Å². The molecular formula is C10H8Cl2N2OS. The Kier molecular flexibility index (Phi) is 3.15. The number of halogens is 2. The van der Waals surface area contributed by atoms with Gasteiger partial charge in [-0.05, 0) is 19.1 Å². The van der Waals surface area contributed by atoms with Crippen molar-refractivity contribution >= 4 is 52.0 Å². The highest BCUT2D eigenvalue weighted by molar-refractivity contribution is 7.96. The van der Waals surface area contributed by atoms with Gasteiger partial charge in [-0.3, -0.25) is 4.79 Å². The predicted molar refractivity (Wildman–Crippen MR) is 68.5 cm³/mol. The van der Waals surface area contributed by atoms with Crippen LogP contribution in [0.25, 0.3) is 11.0 Å². The van der Waals surface area contributed by atoms with Crippen LogP contribution in [-0.4, -0.2) is 15.1 Å². The van der Waals surface area contributed by atoms with Crippen LogP contribution in [0.3, 0.4) is 0 Å². The van der Waals surface area contributed by atoms with E-state index in [2.05, 4.69) is 22.6 Å². The number of benzene rings is 1. The normalized spacial score (nSPS) is 13.0. The third kappa shape index (κ3) is 2.05. The maximum absolute atomic E-state index is 11.1. The highest BCUT2D eigenvalue weighted by Gasteiger charge is 2.16. The van der Waals surface area contributed by atoms with E-state index in [4.69, 9.17) is 23.2 Å². The molecule has 0 bridgehead atoms. The SMILES string of the molecule is CC(C(=O)S)c1nc2cc(Cl)c(Cl)cc2[nH]1. The molecule has 6 heteroatoms. The van der Waals surface area contributed by atoms with E-state index >= 15 is 0 Å². The minimum atomic E-state index is -0.381. The minimum absolute atomic E-state index is 0.240. The minimum Gasteiger partial charge on any atom is -0.341 e. The van der Waals surface area contributed by atoms with Gasteiger partial charge in [-0.2, -0.15) is 0 Å². The molecule has 1 N–H and O–H groups in total. The Labute approximate surface area is 108 Å². The van der Waals surface area contributed by atoms with Crippen molar-refractivity contribution in [2.75, 3.05) is 0 Å². The summed E-state index contributed by atoms with van der Waals surface area (Å²) in [6, 6.07) is 3.35. The molecule has 0 aliphatic carbocycles.